The van der Waals surface area contributed by atoms with E-state index in [1.165, 1.54) is 23.1 Å². The molecule has 4 aromatic carbocycles. The number of anilines is 1. The first kappa shape index (κ1) is 34.0. The zero-order valence-corrected chi connectivity index (χ0v) is 31.4. The van der Waals surface area contributed by atoms with E-state index < -0.39 is 32.0 Å². The summed E-state index contributed by atoms with van der Waals surface area (Å²) in [5, 5.41) is 4.95. The molecule has 46 heavy (non-hydrogen) atoms. The average Bonchev–Trinajstić information content (AvgIpc) is 3.48. The Kier molecular flexibility index (Phi) is 9.76. The molecule has 8 nitrogen and oxygen atoms in total. The first-order chi connectivity index (χ1) is 21.4. The molecule has 2 aliphatic rings. The van der Waals surface area contributed by atoms with Gasteiger partial charge in [-0.15, -0.1) is 0 Å². The molecule has 1 atom stereocenters. The van der Waals surface area contributed by atoms with E-state index in [4.69, 9.17) is 0 Å². The van der Waals surface area contributed by atoms with Gasteiger partial charge in [0.2, 0.25) is 11.4 Å². The van der Waals surface area contributed by atoms with Crippen molar-refractivity contribution in [1.82, 2.24) is 0 Å². The Morgan fingerprint density at radius 2 is 1.54 bits per heavy atom. The number of hydrogen-bond donors (Lipinski definition) is 0. The minimum absolute atomic E-state index is 0. The largest absolute Gasteiger partial charge is 1.00 e. The average molecular weight is 715 g/mol. The van der Waals surface area contributed by atoms with E-state index in [2.05, 4.69) is 6.92 Å². The van der Waals surface area contributed by atoms with E-state index in [1.807, 2.05) is 91.0 Å². The van der Waals surface area contributed by atoms with Crippen LogP contribution in [0.3, 0.4) is 0 Å². The fourth-order valence-electron chi connectivity index (χ4n) is 6.29. The number of fused-ring (bicyclic) bond motifs is 6. The normalized spacial score (nSPS) is 18.8. The second-order valence-corrected chi connectivity index (χ2v) is 16.3. The Labute approximate surface area is 318 Å². The van der Waals surface area contributed by atoms with Crippen molar-refractivity contribution in [1.29, 1.82) is 0 Å². The number of allylic oxidation sites excluding steroid dienone is 4. The summed E-state index contributed by atoms with van der Waals surface area (Å²) in [6.07, 6.45) is 7.41. The van der Waals surface area contributed by atoms with E-state index >= 15 is 0 Å². The van der Waals surface area contributed by atoms with Crippen molar-refractivity contribution < 1.29 is 81.9 Å². The van der Waals surface area contributed by atoms with E-state index in [1.54, 1.807) is 9.47 Å². The SMILES string of the molecule is CC1CC(C=C2Sc3ccc4ccccc4c3N2CS(=O)(=O)[O-])=CC(=Cc2sc3ccc4ccccc4c3[n+]2CS(=O)(=O)[O-])C1.[K+]. The predicted octanol–water partition coefficient (Wildman–Crippen LogP) is 3.70. The second-order valence-electron chi connectivity index (χ2n) is 11.5. The standard InChI is InChI=1S/C33H28N2O6S4.K/c1-21-14-22(17-30-34(19-44(36,37)38)32-26-8-4-2-6-24(26)10-12-28(32)42-30)16-23(15-21)18-31-35(20-45(39,40)41)33-27-9-5-3-7-25(27)11-13-29(33)43-31;/h2-13,16-18,21H,14-15,19-20H2,1H3,(H-,36,37,38,39,40,41);/q;+1/p-1. The van der Waals surface area contributed by atoms with Crippen molar-refractivity contribution in [2.45, 2.75) is 30.5 Å². The fraction of sp³-hybridized carbons (Fsp3) is 0.182. The fourth-order valence-corrected chi connectivity index (χ4v) is 9.93. The van der Waals surface area contributed by atoms with Crippen molar-refractivity contribution in [2.24, 2.45) is 5.92 Å². The van der Waals surface area contributed by atoms with Crippen LogP contribution in [0.1, 0.15) is 24.8 Å². The van der Waals surface area contributed by atoms with Gasteiger partial charge in [0.15, 0.2) is 10.1 Å². The third kappa shape index (κ3) is 7.10. The molecule has 1 aliphatic carbocycles. The summed E-state index contributed by atoms with van der Waals surface area (Å²) in [5.74, 6) is -1.12. The number of aromatic nitrogens is 1. The van der Waals surface area contributed by atoms with Crippen LogP contribution in [0.15, 0.2) is 106 Å². The Morgan fingerprint density at radius 3 is 2.26 bits per heavy atom. The predicted molar refractivity (Wildman–Crippen MR) is 179 cm³/mol. The molecule has 0 saturated carbocycles. The quantitative estimate of drug-likeness (QED) is 0.148. The summed E-state index contributed by atoms with van der Waals surface area (Å²) in [4.78, 5) is 2.47. The van der Waals surface area contributed by atoms with Gasteiger partial charge in [-0.25, -0.2) is 16.8 Å². The van der Waals surface area contributed by atoms with Gasteiger partial charge in [0, 0.05) is 16.4 Å². The van der Waals surface area contributed by atoms with Crippen molar-refractivity contribution in [2.75, 3.05) is 10.8 Å². The summed E-state index contributed by atoms with van der Waals surface area (Å²) in [6.45, 7) is 2.12. The van der Waals surface area contributed by atoms with Gasteiger partial charge in [0.25, 0.3) is 5.01 Å². The van der Waals surface area contributed by atoms with Crippen LogP contribution in [0.5, 0.6) is 0 Å². The smallest absolute Gasteiger partial charge is 0.747 e. The molecule has 0 fully saturated rings. The topological polar surface area (TPSA) is 122 Å². The molecule has 2 heterocycles. The molecule has 7 rings (SSSR count). The molecule has 0 N–H and O–H groups in total. The zero-order chi connectivity index (χ0) is 31.5. The zero-order valence-electron chi connectivity index (χ0n) is 25.0. The van der Waals surface area contributed by atoms with Gasteiger partial charge in [-0.05, 0) is 65.0 Å². The van der Waals surface area contributed by atoms with Crippen LogP contribution in [0.25, 0.3) is 37.8 Å². The van der Waals surface area contributed by atoms with Crippen molar-refractivity contribution in [3.05, 3.63) is 106 Å². The Bertz CT molecular complexity index is 2350. The Hall–Kier alpha value is -1.88. The minimum atomic E-state index is -4.59. The van der Waals surface area contributed by atoms with Crippen LogP contribution in [-0.2, 0) is 26.1 Å². The number of thiazole rings is 1. The molecule has 0 saturated heterocycles. The van der Waals surface area contributed by atoms with Crippen LogP contribution in [0, 0.1) is 5.92 Å². The van der Waals surface area contributed by atoms with Gasteiger partial charge in [0.05, 0.1) is 16.1 Å². The summed E-state index contributed by atoms with van der Waals surface area (Å²) < 4.78 is 74.7. The molecule has 1 aliphatic heterocycles. The van der Waals surface area contributed by atoms with Gasteiger partial charge < -0.3 is 14.0 Å². The molecule has 0 bridgehead atoms. The first-order valence-electron chi connectivity index (χ1n) is 14.2. The van der Waals surface area contributed by atoms with E-state index in [-0.39, 0.29) is 57.3 Å². The summed E-state index contributed by atoms with van der Waals surface area (Å²) >= 11 is 2.87. The molecule has 1 unspecified atom stereocenters. The molecular weight excluding hydrogens is 688 g/mol. The number of hydrogen-bond acceptors (Lipinski definition) is 9. The van der Waals surface area contributed by atoms with Gasteiger partial charge in [0.1, 0.15) is 20.7 Å². The minimum Gasteiger partial charge on any atom is -0.747 e. The molecule has 13 heteroatoms. The first-order valence-corrected chi connectivity index (χ1v) is 19.0. The van der Waals surface area contributed by atoms with Crippen molar-refractivity contribution in [3.8, 4) is 0 Å². The van der Waals surface area contributed by atoms with E-state index in [9.17, 15) is 25.9 Å². The number of nitrogens with zero attached hydrogens (tertiary/aromatic N) is 2. The molecule has 0 spiro atoms. The number of rotatable bonds is 6. The molecule has 0 radical (unpaired) electrons. The second kappa shape index (κ2) is 13.2. The Balaban J connectivity index is 0.00000372. The van der Waals surface area contributed by atoms with Crippen LogP contribution < -0.4 is 60.9 Å². The number of benzene rings is 4. The molecule has 5 aromatic rings. The van der Waals surface area contributed by atoms with Crippen LogP contribution in [-0.4, -0.2) is 31.8 Å². The van der Waals surface area contributed by atoms with Gasteiger partial charge in [-0.2, -0.15) is 4.57 Å². The summed E-state index contributed by atoms with van der Waals surface area (Å²) in [6, 6.07) is 23.3. The number of thioether (sulfide) groups is 1. The molecule has 230 valence electrons. The molecule has 0 amide bonds. The van der Waals surface area contributed by atoms with E-state index in [0.717, 1.165) is 55.1 Å². The van der Waals surface area contributed by atoms with Gasteiger partial charge in [-0.1, -0.05) is 90.7 Å². The maximum Gasteiger partial charge on any atom is 1.00 e. The van der Waals surface area contributed by atoms with Gasteiger partial charge in [-0.3, -0.25) is 0 Å². The van der Waals surface area contributed by atoms with Crippen LogP contribution in [0.4, 0.5) is 5.69 Å². The third-order valence-corrected chi connectivity index (χ3v) is 11.3. The van der Waals surface area contributed by atoms with E-state index in [0.29, 0.717) is 21.2 Å². The monoisotopic (exact) mass is 714 g/mol. The third-order valence-electron chi connectivity index (χ3n) is 7.96. The van der Waals surface area contributed by atoms with Crippen LogP contribution in [0.2, 0.25) is 0 Å². The van der Waals surface area contributed by atoms with Crippen LogP contribution >= 0.6 is 23.1 Å². The van der Waals surface area contributed by atoms with Crippen molar-refractivity contribution >= 4 is 86.9 Å². The maximum absolute atomic E-state index is 12.0. The van der Waals surface area contributed by atoms with Crippen molar-refractivity contribution in [3.63, 3.8) is 0 Å². The Morgan fingerprint density at radius 1 is 0.870 bits per heavy atom. The maximum atomic E-state index is 12.0. The molecular formula is C33H27KN2O6S4. The summed E-state index contributed by atoms with van der Waals surface area (Å²) in [5.41, 5.74) is 3.34. The summed E-state index contributed by atoms with van der Waals surface area (Å²) in [7, 11) is -9.18. The molecule has 1 aromatic heterocycles. The van der Waals surface area contributed by atoms with Gasteiger partial charge >= 0.3 is 51.4 Å².